The fourth-order valence-corrected chi connectivity index (χ4v) is 1.70. The maximum atomic E-state index is 8.77. The van der Waals surface area contributed by atoms with Crippen molar-refractivity contribution in [3.8, 4) is 0 Å². The first-order chi connectivity index (χ1) is 5.13. The molecule has 1 fully saturated rings. The lowest BCUT2D eigenvalue weighted by molar-refractivity contribution is 0.220. The van der Waals surface area contributed by atoms with Crippen molar-refractivity contribution in [1.29, 1.82) is 0 Å². The highest BCUT2D eigenvalue weighted by Crippen LogP contribution is 2.22. The van der Waals surface area contributed by atoms with Gasteiger partial charge in [0, 0.05) is 16.4 Å². The van der Waals surface area contributed by atoms with Gasteiger partial charge in [-0.15, -0.1) is 0 Å². The minimum Gasteiger partial charge on any atom is -0.469 e. The zero-order valence-corrected chi connectivity index (χ0v) is 8.57. The zero-order chi connectivity index (χ0) is 8.69. The van der Waals surface area contributed by atoms with E-state index in [1.54, 1.807) is 0 Å². The molecule has 0 bridgehead atoms. The van der Waals surface area contributed by atoms with Gasteiger partial charge in [-0.25, -0.2) is 4.79 Å². The van der Waals surface area contributed by atoms with Crippen LogP contribution < -0.4 is 0 Å². The molecule has 4 heteroatoms. The average molecular weight is 244 g/mol. The predicted octanol–water partition coefficient (Wildman–Crippen LogP) is 3.62. The van der Waals surface area contributed by atoms with Gasteiger partial charge in [-0.2, -0.15) is 0 Å². The second-order valence-corrected chi connectivity index (χ2v) is 4.11. The van der Waals surface area contributed by atoms with E-state index in [9.17, 15) is 0 Å². The molecule has 0 aromatic carbocycles. The van der Waals surface area contributed by atoms with Crippen LogP contribution in [0, 0.1) is 0 Å². The summed E-state index contributed by atoms with van der Waals surface area (Å²) >= 11 is 7.78. The van der Waals surface area contributed by atoms with Crippen molar-refractivity contribution in [3.63, 3.8) is 0 Å². The van der Waals surface area contributed by atoms with E-state index in [2.05, 4.69) is 27.5 Å². The summed E-state index contributed by atoms with van der Waals surface area (Å²) in [6, 6.07) is 0. The summed E-state index contributed by atoms with van der Waals surface area (Å²) in [5.41, 5.74) is -1.36. The smallest absolute Gasteiger partial charge is 0.401 e. The topological polar surface area (TPSA) is 37.3 Å². The fraction of sp³-hybridized carbons (Fsp3) is 0.857. The van der Waals surface area contributed by atoms with E-state index in [1.165, 1.54) is 32.1 Å². The Labute approximate surface area is 80.1 Å². The monoisotopic (exact) mass is 242 g/mol. The molecule has 0 aliphatic heterocycles. The number of carboxylic acid groups (broad SMARTS) is 1. The van der Waals surface area contributed by atoms with Gasteiger partial charge in [0.2, 0.25) is 0 Å². The lowest BCUT2D eigenvalue weighted by Gasteiger charge is -2.13. The number of hydrogen-bond donors (Lipinski definition) is 1. The lowest BCUT2D eigenvalue weighted by atomic mass is 10.0. The maximum absolute atomic E-state index is 8.77. The summed E-state index contributed by atoms with van der Waals surface area (Å²) in [6.45, 7) is 0. The van der Waals surface area contributed by atoms with E-state index in [4.69, 9.17) is 9.90 Å². The Bertz CT molecular complexity index is 109. The van der Waals surface area contributed by atoms with Gasteiger partial charge in [0.15, 0.2) is 0 Å². The molecule has 0 atom stereocenters. The highest BCUT2D eigenvalue weighted by molar-refractivity contribution is 9.09. The molecule has 0 saturated heterocycles. The molecule has 0 amide bonds. The molecular formula is C7H12BrClO2. The summed E-state index contributed by atoms with van der Waals surface area (Å²) in [5, 5.41) is 7.18. The van der Waals surface area contributed by atoms with E-state index in [-0.39, 0.29) is 0 Å². The first-order valence-electron chi connectivity index (χ1n) is 3.65. The second-order valence-electron chi connectivity index (χ2n) is 2.49. The molecule has 0 aromatic heterocycles. The molecule has 1 aliphatic rings. The van der Waals surface area contributed by atoms with Crippen molar-refractivity contribution in [3.05, 3.63) is 0 Å². The third-order valence-corrected chi connectivity index (χ3v) is 2.45. The van der Waals surface area contributed by atoms with Gasteiger partial charge in [-0.1, -0.05) is 35.2 Å². The van der Waals surface area contributed by atoms with E-state index in [0.717, 1.165) is 4.83 Å². The molecule has 11 heavy (non-hydrogen) atoms. The molecule has 0 heterocycles. The van der Waals surface area contributed by atoms with Crippen molar-refractivity contribution in [2.45, 2.75) is 36.9 Å². The van der Waals surface area contributed by atoms with Gasteiger partial charge in [0.25, 0.3) is 0 Å². The Kier molecular flexibility index (Phi) is 7.07. The van der Waals surface area contributed by atoms with Crippen LogP contribution in [0.25, 0.3) is 0 Å². The first kappa shape index (κ1) is 11.2. The number of alkyl halides is 1. The summed E-state index contributed by atoms with van der Waals surface area (Å²) in [4.78, 5) is 9.61. The number of carbonyl (C=O) groups is 1. The van der Waals surface area contributed by atoms with Crippen LogP contribution in [-0.4, -0.2) is 15.4 Å². The molecule has 1 rings (SSSR count). The third kappa shape index (κ3) is 10.2. The lowest BCUT2D eigenvalue weighted by Crippen LogP contribution is -2.02. The SMILES string of the molecule is BrC1CCCCC1.O=C(O)Cl. The highest BCUT2D eigenvalue weighted by atomic mass is 79.9. The average Bonchev–Trinajstić information content (AvgIpc) is 1.87. The van der Waals surface area contributed by atoms with Crippen LogP contribution in [0.5, 0.6) is 0 Å². The molecule has 1 saturated carbocycles. The zero-order valence-electron chi connectivity index (χ0n) is 6.22. The van der Waals surface area contributed by atoms with E-state index in [0.29, 0.717) is 0 Å². The van der Waals surface area contributed by atoms with Crippen LogP contribution in [0.2, 0.25) is 0 Å². The molecule has 66 valence electrons. The number of hydrogen-bond acceptors (Lipinski definition) is 1. The first-order valence-corrected chi connectivity index (χ1v) is 4.95. The van der Waals surface area contributed by atoms with Crippen LogP contribution in [0.15, 0.2) is 0 Å². The van der Waals surface area contributed by atoms with Gasteiger partial charge in [0.1, 0.15) is 0 Å². The molecule has 1 aliphatic carbocycles. The predicted molar refractivity (Wildman–Crippen MR) is 49.7 cm³/mol. The van der Waals surface area contributed by atoms with Crippen molar-refractivity contribution in [2.24, 2.45) is 0 Å². The Hall–Kier alpha value is 0.240. The van der Waals surface area contributed by atoms with Crippen molar-refractivity contribution >= 4 is 33.0 Å². The van der Waals surface area contributed by atoms with Gasteiger partial charge in [-0.3, -0.25) is 0 Å². The fourth-order valence-electron chi connectivity index (χ4n) is 1.05. The molecule has 0 radical (unpaired) electrons. The molecule has 0 spiro atoms. The normalized spacial score (nSPS) is 18.4. The minimum absolute atomic E-state index is 0.848. The quantitative estimate of drug-likeness (QED) is 0.521. The van der Waals surface area contributed by atoms with E-state index < -0.39 is 5.43 Å². The Morgan fingerprint density at radius 1 is 1.36 bits per heavy atom. The highest BCUT2D eigenvalue weighted by Gasteiger charge is 2.07. The summed E-state index contributed by atoms with van der Waals surface area (Å²) < 4.78 is 0. The van der Waals surface area contributed by atoms with Crippen LogP contribution in [0.4, 0.5) is 4.79 Å². The molecule has 0 unspecified atom stereocenters. The summed E-state index contributed by atoms with van der Waals surface area (Å²) in [5.74, 6) is 0. The van der Waals surface area contributed by atoms with Gasteiger partial charge in [0.05, 0.1) is 0 Å². The standard InChI is InChI=1S/C6H11Br.CHClO2/c7-6-4-2-1-3-5-6;2-1(3)4/h6H,1-5H2;(H,3,4). The Morgan fingerprint density at radius 3 is 1.91 bits per heavy atom. The van der Waals surface area contributed by atoms with Crippen LogP contribution in [-0.2, 0) is 0 Å². The van der Waals surface area contributed by atoms with Crippen molar-refractivity contribution in [2.75, 3.05) is 0 Å². The van der Waals surface area contributed by atoms with Gasteiger partial charge in [-0.05, 0) is 12.8 Å². The van der Waals surface area contributed by atoms with Crippen molar-refractivity contribution < 1.29 is 9.90 Å². The summed E-state index contributed by atoms with van der Waals surface area (Å²) in [6.07, 6.45) is 7.15. The number of rotatable bonds is 0. The van der Waals surface area contributed by atoms with E-state index >= 15 is 0 Å². The van der Waals surface area contributed by atoms with Crippen LogP contribution in [0.3, 0.4) is 0 Å². The number of halogens is 2. The largest absolute Gasteiger partial charge is 0.469 e. The maximum Gasteiger partial charge on any atom is 0.401 e. The van der Waals surface area contributed by atoms with E-state index in [1.807, 2.05) is 0 Å². The van der Waals surface area contributed by atoms with Gasteiger partial charge < -0.3 is 5.11 Å². The molecule has 1 N–H and O–H groups in total. The Balaban J connectivity index is 0.000000218. The molecule has 2 nitrogen and oxygen atoms in total. The van der Waals surface area contributed by atoms with Crippen LogP contribution >= 0.6 is 27.5 Å². The van der Waals surface area contributed by atoms with Crippen LogP contribution in [0.1, 0.15) is 32.1 Å². The molecule has 0 aromatic rings. The minimum atomic E-state index is -1.36. The second kappa shape index (κ2) is 6.92. The van der Waals surface area contributed by atoms with Crippen molar-refractivity contribution in [1.82, 2.24) is 0 Å². The molecular weight excluding hydrogens is 231 g/mol. The Morgan fingerprint density at radius 2 is 1.73 bits per heavy atom. The van der Waals surface area contributed by atoms with Gasteiger partial charge >= 0.3 is 5.43 Å². The third-order valence-electron chi connectivity index (χ3n) is 1.53. The summed E-state index contributed by atoms with van der Waals surface area (Å²) in [7, 11) is 0.